The Balaban J connectivity index is 1.33. The molecule has 2 N–H and O–H groups in total. The van der Waals surface area contributed by atoms with E-state index in [1.54, 1.807) is 48.8 Å². The number of nitrogens with zero attached hydrogens (tertiary/aromatic N) is 3. The zero-order chi connectivity index (χ0) is 30.7. The summed E-state index contributed by atoms with van der Waals surface area (Å²) in [5.74, 6) is -1.24. The fourth-order valence-corrected chi connectivity index (χ4v) is 6.97. The number of hydrogen-bond acceptors (Lipinski definition) is 8. The minimum absolute atomic E-state index is 0.00588. The number of nitrogens with one attached hydrogen (secondary N) is 2. The smallest absolute Gasteiger partial charge is 0.228 e. The average molecular weight is 616 g/mol. The topological polar surface area (TPSA) is 106 Å². The van der Waals surface area contributed by atoms with Gasteiger partial charge < -0.3 is 15.4 Å². The van der Waals surface area contributed by atoms with Crippen LogP contribution in [-0.4, -0.2) is 42.5 Å². The van der Waals surface area contributed by atoms with Gasteiger partial charge >= 0.3 is 0 Å². The van der Waals surface area contributed by atoms with E-state index >= 15 is 4.39 Å². The van der Waals surface area contributed by atoms with Gasteiger partial charge in [0.1, 0.15) is 17.4 Å². The summed E-state index contributed by atoms with van der Waals surface area (Å²) >= 11 is 0. The lowest BCUT2D eigenvalue weighted by Crippen LogP contribution is -2.38. The average Bonchev–Trinajstić information content (AvgIpc) is 3.02. The van der Waals surface area contributed by atoms with Crippen LogP contribution in [-0.2, 0) is 21.3 Å². The van der Waals surface area contributed by atoms with Gasteiger partial charge in [-0.25, -0.2) is 32.2 Å². The Bertz CT molecular complexity index is 1930. The van der Waals surface area contributed by atoms with Gasteiger partial charge in [0.2, 0.25) is 11.8 Å². The van der Waals surface area contributed by atoms with E-state index in [4.69, 9.17) is 9.72 Å². The first-order valence-electron chi connectivity index (χ1n) is 14.4. The molecule has 0 amide bonds. The first kappa shape index (κ1) is 29.6. The lowest BCUT2D eigenvalue weighted by atomic mass is 10.0. The van der Waals surface area contributed by atoms with Crippen molar-refractivity contribution < 1.29 is 21.9 Å². The van der Waals surface area contributed by atoms with Crippen LogP contribution in [0.5, 0.6) is 11.6 Å². The maximum atomic E-state index is 15.2. The number of ether oxygens (including phenoxy) is 1. The van der Waals surface area contributed by atoms with E-state index in [9.17, 15) is 12.8 Å². The fraction of sp³-hybridized carbons (Fsp3) is 0.242. The van der Waals surface area contributed by atoms with Gasteiger partial charge in [0, 0.05) is 41.5 Å². The molecule has 226 valence electrons. The Morgan fingerprint density at radius 3 is 2.59 bits per heavy atom. The van der Waals surface area contributed by atoms with Crippen molar-refractivity contribution in [3.05, 3.63) is 107 Å². The number of piperidine rings is 1. The molecule has 0 aliphatic carbocycles. The summed E-state index contributed by atoms with van der Waals surface area (Å²) in [6.45, 7) is 3.68. The molecule has 5 aromatic rings. The number of pyridine rings is 1. The number of hydrogen-bond donors (Lipinski definition) is 2. The van der Waals surface area contributed by atoms with Gasteiger partial charge in [-0.1, -0.05) is 30.3 Å². The van der Waals surface area contributed by atoms with Crippen LogP contribution in [0.3, 0.4) is 0 Å². The van der Waals surface area contributed by atoms with Crippen molar-refractivity contribution in [3.8, 4) is 22.9 Å². The Hall–Kier alpha value is -4.48. The molecule has 1 atom stereocenters. The Kier molecular flexibility index (Phi) is 8.49. The molecule has 11 heteroatoms. The second kappa shape index (κ2) is 12.6. The number of benzene rings is 3. The van der Waals surface area contributed by atoms with Crippen LogP contribution < -0.4 is 15.4 Å². The first-order chi connectivity index (χ1) is 21.3. The maximum absolute atomic E-state index is 15.2. The summed E-state index contributed by atoms with van der Waals surface area (Å²) in [6, 6.07) is 17.5. The molecule has 1 aliphatic rings. The quantitative estimate of drug-likeness (QED) is 0.198. The van der Waals surface area contributed by atoms with E-state index in [1.807, 2.05) is 13.0 Å². The van der Waals surface area contributed by atoms with Crippen LogP contribution in [0.15, 0.2) is 79.1 Å². The first-order valence-corrected chi connectivity index (χ1v) is 16.2. The van der Waals surface area contributed by atoms with Crippen molar-refractivity contribution in [1.29, 1.82) is 0 Å². The highest BCUT2D eigenvalue weighted by Crippen LogP contribution is 2.38. The number of rotatable bonds is 9. The molecule has 0 radical (unpaired) electrons. The highest BCUT2D eigenvalue weighted by Gasteiger charge is 2.22. The predicted octanol–water partition coefficient (Wildman–Crippen LogP) is 6.35. The lowest BCUT2D eigenvalue weighted by Gasteiger charge is -2.23. The van der Waals surface area contributed by atoms with Gasteiger partial charge in [-0.2, -0.15) is 0 Å². The van der Waals surface area contributed by atoms with Crippen LogP contribution in [0.1, 0.15) is 29.5 Å². The van der Waals surface area contributed by atoms with Crippen LogP contribution in [0, 0.1) is 18.6 Å². The molecule has 1 aliphatic heterocycles. The van der Waals surface area contributed by atoms with Gasteiger partial charge in [0.05, 0.1) is 22.8 Å². The summed E-state index contributed by atoms with van der Waals surface area (Å²) < 4.78 is 62.1. The van der Waals surface area contributed by atoms with Gasteiger partial charge in [-0.3, -0.25) is 0 Å². The van der Waals surface area contributed by atoms with E-state index in [0.717, 1.165) is 31.5 Å². The minimum Gasteiger partial charge on any atom is -0.437 e. The molecular weight excluding hydrogens is 584 g/mol. The monoisotopic (exact) mass is 615 g/mol. The van der Waals surface area contributed by atoms with Gasteiger partial charge in [0.15, 0.2) is 9.84 Å². The van der Waals surface area contributed by atoms with Crippen molar-refractivity contribution in [1.82, 2.24) is 20.3 Å². The third kappa shape index (κ3) is 6.53. The van der Waals surface area contributed by atoms with Crippen molar-refractivity contribution in [2.24, 2.45) is 0 Å². The standard InChI is InChI=1S/C33H31F2N5O3S/c1-21-10-11-24-25(12-13-29(35)27(24)20-44(41,42)19-22-6-2-3-9-28(22)34)31(21)43-32-26(8-5-16-37-32)30-14-17-38-33(40-30)39-23-7-4-15-36-18-23/h2-3,5-6,8-14,16-17,23,36H,4,7,15,18-20H2,1H3,(H,38,39,40)/t23-/m0/s1. The zero-order valence-corrected chi connectivity index (χ0v) is 24.9. The predicted molar refractivity (Wildman–Crippen MR) is 166 cm³/mol. The molecule has 8 nitrogen and oxygen atoms in total. The molecule has 1 saturated heterocycles. The summed E-state index contributed by atoms with van der Waals surface area (Å²) in [5.41, 5.74) is 2.02. The fourth-order valence-electron chi connectivity index (χ4n) is 5.43. The van der Waals surface area contributed by atoms with Gasteiger partial charge in [-0.15, -0.1) is 0 Å². The van der Waals surface area contributed by atoms with Crippen molar-refractivity contribution in [2.75, 3.05) is 18.4 Å². The van der Waals surface area contributed by atoms with E-state index in [2.05, 4.69) is 20.6 Å². The van der Waals surface area contributed by atoms with Gasteiger partial charge in [-0.05, 0) is 73.7 Å². The van der Waals surface area contributed by atoms with Crippen LogP contribution in [0.2, 0.25) is 0 Å². The van der Waals surface area contributed by atoms with Gasteiger partial charge in [0.25, 0.3) is 0 Å². The summed E-state index contributed by atoms with van der Waals surface area (Å²) in [6.07, 6.45) is 5.38. The molecule has 0 spiro atoms. The summed E-state index contributed by atoms with van der Waals surface area (Å²) in [4.78, 5) is 13.6. The second-order valence-corrected chi connectivity index (χ2v) is 12.9. The number of aromatic nitrogens is 3. The minimum atomic E-state index is -3.92. The van der Waals surface area contributed by atoms with Crippen molar-refractivity contribution in [2.45, 2.75) is 37.3 Å². The van der Waals surface area contributed by atoms with Crippen LogP contribution >= 0.6 is 0 Å². The van der Waals surface area contributed by atoms with Crippen molar-refractivity contribution >= 4 is 26.6 Å². The summed E-state index contributed by atoms with van der Waals surface area (Å²) in [7, 11) is -3.92. The lowest BCUT2D eigenvalue weighted by molar-refractivity contribution is 0.466. The molecule has 0 saturated carbocycles. The molecule has 0 unspecified atom stereocenters. The summed E-state index contributed by atoms with van der Waals surface area (Å²) in [5, 5.41) is 7.67. The highest BCUT2D eigenvalue weighted by atomic mass is 32.2. The third-order valence-corrected chi connectivity index (χ3v) is 9.11. The second-order valence-electron chi connectivity index (χ2n) is 10.9. The Morgan fingerprint density at radius 1 is 0.932 bits per heavy atom. The van der Waals surface area contributed by atoms with E-state index in [1.165, 1.54) is 24.3 Å². The number of fused-ring (bicyclic) bond motifs is 1. The third-order valence-electron chi connectivity index (χ3n) is 7.63. The molecule has 3 aromatic carbocycles. The molecule has 6 rings (SSSR count). The van der Waals surface area contributed by atoms with E-state index < -0.39 is 33.0 Å². The molecule has 0 bridgehead atoms. The highest BCUT2D eigenvalue weighted by molar-refractivity contribution is 7.89. The zero-order valence-electron chi connectivity index (χ0n) is 24.1. The van der Waals surface area contributed by atoms with Crippen LogP contribution in [0.25, 0.3) is 22.0 Å². The number of anilines is 1. The maximum Gasteiger partial charge on any atom is 0.228 e. The van der Waals surface area contributed by atoms with Crippen molar-refractivity contribution in [3.63, 3.8) is 0 Å². The largest absolute Gasteiger partial charge is 0.437 e. The van der Waals surface area contributed by atoms with Crippen LogP contribution in [0.4, 0.5) is 14.7 Å². The molecule has 44 heavy (non-hydrogen) atoms. The molecular formula is C33H31F2N5O3S. The molecule has 2 aromatic heterocycles. The normalized spacial score (nSPS) is 15.3. The Morgan fingerprint density at radius 2 is 1.77 bits per heavy atom. The SMILES string of the molecule is Cc1ccc2c(CS(=O)(=O)Cc3ccccc3F)c(F)ccc2c1Oc1ncccc1-c1ccnc(N[C@H]2CCCNC2)n1. The van der Waals surface area contributed by atoms with E-state index in [0.29, 0.717) is 33.7 Å². The Labute approximate surface area is 254 Å². The molecule has 3 heterocycles. The number of halogens is 2. The van der Waals surface area contributed by atoms with E-state index in [-0.39, 0.29) is 23.0 Å². The number of aryl methyl sites for hydroxylation is 1. The number of sulfone groups is 1. The molecule has 1 fully saturated rings.